The second kappa shape index (κ2) is 2.09. The highest BCUT2D eigenvalue weighted by atomic mass is 127. The van der Waals surface area contributed by atoms with Gasteiger partial charge in [-0.15, -0.1) is 0 Å². The molecular formula is C6H8IN. The predicted octanol–water partition coefficient (Wildman–Crippen LogP) is 1.94. The quantitative estimate of drug-likeness (QED) is 0.590. The van der Waals surface area contributed by atoms with E-state index in [9.17, 15) is 0 Å². The normalized spacial score (nSPS) is 9.88. The molecule has 0 bridgehead atoms. The van der Waals surface area contributed by atoms with E-state index >= 15 is 0 Å². The first-order valence-corrected chi connectivity index (χ1v) is 3.56. The Bertz CT molecular complexity index is 171. The van der Waals surface area contributed by atoms with Gasteiger partial charge in [-0.25, -0.2) is 0 Å². The maximum atomic E-state index is 2.32. The fourth-order valence-electron chi connectivity index (χ4n) is 0.685. The lowest BCUT2D eigenvalue weighted by Gasteiger charge is -1.80. The van der Waals surface area contributed by atoms with E-state index in [1.54, 1.807) is 0 Å². The highest BCUT2D eigenvalue weighted by molar-refractivity contribution is 14.1. The zero-order chi connectivity index (χ0) is 6.15. The number of rotatable bonds is 0. The van der Waals surface area contributed by atoms with Gasteiger partial charge in [-0.1, -0.05) is 0 Å². The molecule has 2 heteroatoms. The molecule has 8 heavy (non-hydrogen) atoms. The molecule has 1 aromatic rings. The minimum atomic E-state index is 1.34. The highest BCUT2D eigenvalue weighted by Crippen LogP contribution is 2.09. The van der Waals surface area contributed by atoms with Gasteiger partial charge in [0.1, 0.15) is 0 Å². The topological polar surface area (TPSA) is 4.93 Å². The highest BCUT2D eigenvalue weighted by Gasteiger charge is 1.92. The van der Waals surface area contributed by atoms with Crippen LogP contribution in [0, 0.1) is 10.5 Å². The third-order valence-corrected chi connectivity index (χ3v) is 2.22. The largest absolute Gasteiger partial charge is 0.356 e. The van der Waals surface area contributed by atoms with Crippen molar-refractivity contribution in [1.82, 2.24) is 4.57 Å². The summed E-state index contributed by atoms with van der Waals surface area (Å²) in [7, 11) is 2.04. The lowest BCUT2D eigenvalue weighted by Crippen LogP contribution is -1.76. The molecule has 0 fully saturated rings. The van der Waals surface area contributed by atoms with Crippen LogP contribution in [0.5, 0.6) is 0 Å². The van der Waals surface area contributed by atoms with E-state index in [2.05, 4.69) is 46.5 Å². The lowest BCUT2D eigenvalue weighted by molar-refractivity contribution is 0.923. The van der Waals surface area contributed by atoms with Crippen LogP contribution in [0.25, 0.3) is 0 Å². The van der Waals surface area contributed by atoms with E-state index in [1.807, 2.05) is 7.05 Å². The number of hydrogen-bond acceptors (Lipinski definition) is 0. The van der Waals surface area contributed by atoms with Crippen LogP contribution in [0.4, 0.5) is 0 Å². The van der Waals surface area contributed by atoms with Crippen molar-refractivity contribution in [3.63, 3.8) is 0 Å². The van der Waals surface area contributed by atoms with Crippen molar-refractivity contribution in [1.29, 1.82) is 0 Å². The van der Waals surface area contributed by atoms with Gasteiger partial charge in [0.2, 0.25) is 0 Å². The third-order valence-electron chi connectivity index (χ3n) is 1.09. The second-order valence-electron chi connectivity index (χ2n) is 1.95. The molecule has 0 N–H and O–H groups in total. The van der Waals surface area contributed by atoms with Crippen molar-refractivity contribution >= 4 is 22.6 Å². The first-order chi connectivity index (χ1) is 3.70. The van der Waals surface area contributed by atoms with Crippen molar-refractivity contribution in [2.24, 2.45) is 7.05 Å². The number of aromatic nitrogens is 1. The lowest BCUT2D eigenvalue weighted by atomic mass is 10.4. The smallest absolute Gasteiger partial charge is 0.0336 e. The number of halogens is 1. The van der Waals surface area contributed by atoms with Crippen LogP contribution in [0.1, 0.15) is 5.56 Å². The van der Waals surface area contributed by atoms with Gasteiger partial charge in [0.05, 0.1) is 0 Å². The Morgan fingerprint density at radius 1 is 1.50 bits per heavy atom. The first kappa shape index (κ1) is 6.13. The Morgan fingerprint density at radius 3 is 2.25 bits per heavy atom. The van der Waals surface area contributed by atoms with Gasteiger partial charge < -0.3 is 4.57 Å². The standard InChI is InChI=1S/C6H8IN/c1-5-3-8(2)4-6(5)7/h3-4H,1-2H3. The van der Waals surface area contributed by atoms with Gasteiger partial charge in [-0.05, 0) is 35.1 Å². The van der Waals surface area contributed by atoms with Crippen molar-refractivity contribution in [2.75, 3.05) is 0 Å². The summed E-state index contributed by atoms with van der Waals surface area (Å²) in [5, 5.41) is 0. The van der Waals surface area contributed by atoms with Crippen LogP contribution < -0.4 is 0 Å². The summed E-state index contributed by atoms with van der Waals surface area (Å²) in [6.07, 6.45) is 4.22. The molecule has 0 aromatic carbocycles. The summed E-state index contributed by atoms with van der Waals surface area (Å²) in [4.78, 5) is 0. The summed E-state index contributed by atoms with van der Waals surface area (Å²) in [6.45, 7) is 2.11. The van der Waals surface area contributed by atoms with Crippen LogP contribution in [0.2, 0.25) is 0 Å². The molecule has 0 aliphatic heterocycles. The fourth-order valence-corrected chi connectivity index (χ4v) is 1.26. The van der Waals surface area contributed by atoms with E-state index in [0.717, 1.165) is 0 Å². The molecule has 1 rings (SSSR count). The minimum Gasteiger partial charge on any atom is -0.356 e. The van der Waals surface area contributed by atoms with Crippen LogP contribution in [-0.4, -0.2) is 4.57 Å². The van der Waals surface area contributed by atoms with Crippen molar-refractivity contribution in [3.05, 3.63) is 21.5 Å². The molecule has 0 atom stereocenters. The summed E-state index contributed by atoms with van der Waals surface area (Å²) < 4.78 is 3.40. The Hall–Kier alpha value is 0.01000. The molecule has 1 aromatic heterocycles. The molecule has 0 unspecified atom stereocenters. The zero-order valence-corrected chi connectivity index (χ0v) is 7.14. The fraction of sp³-hybridized carbons (Fsp3) is 0.333. The summed E-state index contributed by atoms with van der Waals surface area (Å²) in [5.74, 6) is 0. The Morgan fingerprint density at radius 2 is 2.12 bits per heavy atom. The molecule has 0 saturated carbocycles. The van der Waals surface area contributed by atoms with Gasteiger partial charge >= 0.3 is 0 Å². The average Bonchev–Trinajstić information content (AvgIpc) is 1.85. The maximum Gasteiger partial charge on any atom is 0.0336 e. The van der Waals surface area contributed by atoms with E-state index in [-0.39, 0.29) is 0 Å². The van der Waals surface area contributed by atoms with Gasteiger partial charge in [-0.3, -0.25) is 0 Å². The van der Waals surface area contributed by atoms with Crippen molar-refractivity contribution < 1.29 is 0 Å². The molecule has 0 radical (unpaired) electrons. The zero-order valence-electron chi connectivity index (χ0n) is 4.98. The predicted molar refractivity (Wildman–Crippen MR) is 42.9 cm³/mol. The molecular weight excluding hydrogens is 213 g/mol. The van der Waals surface area contributed by atoms with E-state index in [1.165, 1.54) is 9.13 Å². The van der Waals surface area contributed by atoms with Crippen LogP contribution >= 0.6 is 22.6 Å². The van der Waals surface area contributed by atoms with Gasteiger partial charge in [0.15, 0.2) is 0 Å². The first-order valence-electron chi connectivity index (χ1n) is 2.48. The number of aryl methyl sites for hydroxylation is 2. The number of nitrogens with zero attached hydrogens (tertiary/aromatic N) is 1. The van der Waals surface area contributed by atoms with Gasteiger partial charge in [0.25, 0.3) is 0 Å². The van der Waals surface area contributed by atoms with Crippen LogP contribution in [-0.2, 0) is 7.05 Å². The van der Waals surface area contributed by atoms with Crippen molar-refractivity contribution in [3.8, 4) is 0 Å². The molecule has 1 nitrogen and oxygen atoms in total. The summed E-state index contributed by atoms with van der Waals surface area (Å²) in [5.41, 5.74) is 1.35. The SMILES string of the molecule is Cc1cn(C)cc1I. The molecule has 0 amide bonds. The number of hydrogen-bond donors (Lipinski definition) is 0. The average molecular weight is 221 g/mol. The molecule has 0 aliphatic rings. The summed E-state index contributed by atoms with van der Waals surface area (Å²) in [6, 6.07) is 0. The van der Waals surface area contributed by atoms with Crippen molar-refractivity contribution in [2.45, 2.75) is 6.92 Å². The van der Waals surface area contributed by atoms with E-state index in [4.69, 9.17) is 0 Å². The molecule has 44 valence electrons. The summed E-state index contributed by atoms with van der Waals surface area (Å²) >= 11 is 2.32. The maximum absolute atomic E-state index is 2.32. The van der Waals surface area contributed by atoms with Gasteiger partial charge in [-0.2, -0.15) is 0 Å². The van der Waals surface area contributed by atoms with Crippen LogP contribution in [0.15, 0.2) is 12.4 Å². The monoisotopic (exact) mass is 221 g/mol. The van der Waals surface area contributed by atoms with Crippen LogP contribution in [0.3, 0.4) is 0 Å². The molecule has 0 saturated heterocycles. The molecule has 1 heterocycles. The van der Waals surface area contributed by atoms with E-state index in [0.29, 0.717) is 0 Å². The van der Waals surface area contributed by atoms with Gasteiger partial charge in [0, 0.05) is 23.0 Å². The molecule has 0 spiro atoms. The second-order valence-corrected chi connectivity index (χ2v) is 3.12. The Kier molecular flexibility index (Phi) is 1.60. The third kappa shape index (κ3) is 1.05. The molecule has 0 aliphatic carbocycles. The van der Waals surface area contributed by atoms with E-state index < -0.39 is 0 Å². The Labute approximate surface area is 62.8 Å². The minimum absolute atomic E-state index is 1.34. The Balaban J connectivity index is 3.14.